The predicted molar refractivity (Wildman–Crippen MR) is 80.8 cm³/mol. The number of fused-ring (bicyclic) bond motifs is 1. The van der Waals surface area contributed by atoms with Crippen molar-refractivity contribution >= 4 is 11.9 Å². The van der Waals surface area contributed by atoms with Crippen LogP contribution in [0.5, 0.6) is 0 Å². The summed E-state index contributed by atoms with van der Waals surface area (Å²) < 4.78 is 10.6. The van der Waals surface area contributed by atoms with Crippen molar-refractivity contribution in [1.82, 2.24) is 0 Å². The Bertz CT molecular complexity index is 557. The van der Waals surface area contributed by atoms with E-state index in [-0.39, 0.29) is 5.97 Å². The molecule has 2 rings (SSSR count). The van der Waals surface area contributed by atoms with Crippen molar-refractivity contribution in [2.75, 3.05) is 0 Å². The fraction of sp³-hybridized carbons (Fsp3) is 0.529. The first-order chi connectivity index (χ1) is 10.3. The van der Waals surface area contributed by atoms with Gasteiger partial charge >= 0.3 is 11.9 Å². The third-order valence-electron chi connectivity index (χ3n) is 4.13. The van der Waals surface area contributed by atoms with Crippen molar-refractivity contribution in [3.8, 4) is 0 Å². The van der Waals surface area contributed by atoms with Gasteiger partial charge in [-0.05, 0) is 31.9 Å². The fourth-order valence-corrected chi connectivity index (χ4v) is 2.94. The molecule has 0 radical (unpaired) electrons. The molecule has 2 aliphatic rings. The molecule has 1 saturated heterocycles. The van der Waals surface area contributed by atoms with Gasteiger partial charge in [-0.25, -0.2) is 4.79 Å². The summed E-state index contributed by atoms with van der Waals surface area (Å²) in [5.74, 6) is -1.31. The molecule has 0 unspecified atom stereocenters. The summed E-state index contributed by atoms with van der Waals surface area (Å²) >= 11 is 0. The minimum absolute atomic E-state index is 0.291. The number of carbonyl (C=O) groups excluding carboxylic acids is 2. The standard InChI is InChI=1S/C17H22O5/c1-9-5-6-14(21-12(4)18)10(2)8-15-16(13(19)7-9)11(3)17(20)22-15/h5,8,13-16,19H,3,6-7H2,1-2,4H3/b9-5-,10-8-/t13-,14-,15+,16-/m1/s1. The highest BCUT2D eigenvalue weighted by atomic mass is 16.6. The molecule has 0 aromatic carbocycles. The van der Waals surface area contributed by atoms with Crippen LogP contribution in [0.1, 0.15) is 33.6 Å². The molecule has 0 saturated carbocycles. The molecule has 0 bridgehead atoms. The first-order valence-electron chi connectivity index (χ1n) is 7.38. The van der Waals surface area contributed by atoms with Crippen molar-refractivity contribution in [2.24, 2.45) is 5.92 Å². The van der Waals surface area contributed by atoms with Crippen LogP contribution in [-0.4, -0.2) is 35.4 Å². The van der Waals surface area contributed by atoms with E-state index in [1.54, 1.807) is 6.08 Å². The Balaban J connectivity index is 2.37. The van der Waals surface area contributed by atoms with Crippen LogP contribution in [-0.2, 0) is 19.1 Å². The van der Waals surface area contributed by atoms with E-state index in [1.807, 2.05) is 19.9 Å². The maximum atomic E-state index is 11.8. The number of aliphatic hydroxyl groups is 1. The van der Waals surface area contributed by atoms with E-state index >= 15 is 0 Å². The maximum absolute atomic E-state index is 11.8. The molecule has 0 spiro atoms. The predicted octanol–water partition coefficient (Wildman–Crippen LogP) is 2.06. The first kappa shape index (κ1) is 16.5. The molecule has 22 heavy (non-hydrogen) atoms. The van der Waals surface area contributed by atoms with Gasteiger partial charge in [-0.15, -0.1) is 0 Å². The lowest BCUT2D eigenvalue weighted by Gasteiger charge is -2.25. The Labute approximate surface area is 130 Å². The number of esters is 2. The third kappa shape index (κ3) is 3.47. The largest absolute Gasteiger partial charge is 0.458 e. The quantitative estimate of drug-likeness (QED) is 0.456. The van der Waals surface area contributed by atoms with Gasteiger partial charge in [0.05, 0.1) is 12.0 Å². The highest BCUT2D eigenvalue weighted by Gasteiger charge is 2.42. The molecule has 1 fully saturated rings. The van der Waals surface area contributed by atoms with Gasteiger partial charge in [-0.3, -0.25) is 4.79 Å². The van der Waals surface area contributed by atoms with E-state index in [0.717, 1.165) is 11.1 Å². The molecule has 1 N–H and O–H groups in total. The van der Waals surface area contributed by atoms with Gasteiger partial charge in [0, 0.05) is 18.9 Å². The summed E-state index contributed by atoms with van der Waals surface area (Å²) in [6.07, 6.45) is 2.98. The van der Waals surface area contributed by atoms with E-state index in [0.29, 0.717) is 18.4 Å². The summed E-state index contributed by atoms with van der Waals surface area (Å²) in [5.41, 5.74) is 2.06. The monoisotopic (exact) mass is 306 g/mol. The Morgan fingerprint density at radius 2 is 2.14 bits per heavy atom. The second kappa shape index (κ2) is 6.48. The lowest BCUT2D eigenvalue weighted by molar-refractivity contribution is -0.144. The number of hydrogen-bond acceptors (Lipinski definition) is 5. The zero-order valence-electron chi connectivity index (χ0n) is 13.2. The van der Waals surface area contributed by atoms with E-state index in [9.17, 15) is 14.7 Å². The number of carbonyl (C=O) groups is 2. The topological polar surface area (TPSA) is 72.8 Å². The van der Waals surface area contributed by atoms with E-state index in [1.165, 1.54) is 6.92 Å². The molecule has 5 heteroatoms. The van der Waals surface area contributed by atoms with Crippen LogP contribution in [0.4, 0.5) is 0 Å². The van der Waals surface area contributed by atoms with Crippen LogP contribution < -0.4 is 0 Å². The molecule has 0 amide bonds. The van der Waals surface area contributed by atoms with E-state index < -0.39 is 30.2 Å². The molecule has 4 atom stereocenters. The van der Waals surface area contributed by atoms with Crippen molar-refractivity contribution in [3.05, 3.63) is 35.5 Å². The molecule has 1 aliphatic carbocycles. The number of ether oxygens (including phenoxy) is 2. The van der Waals surface area contributed by atoms with Crippen LogP contribution in [0.2, 0.25) is 0 Å². The van der Waals surface area contributed by atoms with Crippen molar-refractivity contribution in [3.63, 3.8) is 0 Å². The van der Waals surface area contributed by atoms with Crippen molar-refractivity contribution in [2.45, 2.75) is 51.9 Å². The molecule has 0 aromatic heterocycles. The average molecular weight is 306 g/mol. The Kier molecular flexibility index (Phi) is 4.86. The van der Waals surface area contributed by atoms with Gasteiger partial charge in [0.15, 0.2) is 0 Å². The molecular formula is C17H22O5. The van der Waals surface area contributed by atoms with Crippen LogP contribution in [0, 0.1) is 5.92 Å². The molecule has 0 aromatic rings. The molecular weight excluding hydrogens is 284 g/mol. The fourth-order valence-electron chi connectivity index (χ4n) is 2.94. The SMILES string of the molecule is C=C1C(=O)O[C@H]2/C=C(/C)[C@H](OC(C)=O)C/C=C(/C)C[C@@H](O)[C@@H]12. The summed E-state index contributed by atoms with van der Waals surface area (Å²) in [6.45, 7) is 8.85. The second-order valence-electron chi connectivity index (χ2n) is 5.99. The summed E-state index contributed by atoms with van der Waals surface area (Å²) in [5, 5.41) is 10.4. The van der Waals surface area contributed by atoms with Gasteiger partial charge < -0.3 is 14.6 Å². The van der Waals surface area contributed by atoms with Crippen LogP contribution in [0.15, 0.2) is 35.5 Å². The van der Waals surface area contributed by atoms with E-state index in [4.69, 9.17) is 9.47 Å². The maximum Gasteiger partial charge on any atom is 0.334 e. The Morgan fingerprint density at radius 1 is 1.45 bits per heavy atom. The average Bonchev–Trinajstić information content (AvgIpc) is 2.68. The molecule has 120 valence electrons. The van der Waals surface area contributed by atoms with E-state index in [2.05, 4.69) is 6.58 Å². The van der Waals surface area contributed by atoms with Crippen LogP contribution in [0.3, 0.4) is 0 Å². The minimum Gasteiger partial charge on any atom is -0.458 e. The summed E-state index contributed by atoms with van der Waals surface area (Å²) in [6, 6.07) is 0. The molecule has 1 heterocycles. The van der Waals surface area contributed by atoms with Gasteiger partial charge in [0.2, 0.25) is 0 Å². The van der Waals surface area contributed by atoms with Crippen molar-refractivity contribution < 1.29 is 24.2 Å². The summed E-state index contributed by atoms with van der Waals surface area (Å²) in [4.78, 5) is 23.0. The molecule has 5 nitrogen and oxygen atoms in total. The van der Waals surface area contributed by atoms with Gasteiger partial charge in [-0.1, -0.05) is 18.2 Å². The number of aliphatic hydroxyl groups excluding tert-OH is 1. The normalized spacial score (nSPS) is 37.3. The highest BCUT2D eigenvalue weighted by molar-refractivity contribution is 5.91. The third-order valence-corrected chi connectivity index (χ3v) is 4.13. The highest BCUT2D eigenvalue weighted by Crippen LogP contribution is 2.34. The van der Waals surface area contributed by atoms with Gasteiger partial charge in [-0.2, -0.15) is 0 Å². The smallest absolute Gasteiger partial charge is 0.334 e. The second-order valence-corrected chi connectivity index (χ2v) is 5.99. The molecule has 1 aliphatic heterocycles. The zero-order valence-corrected chi connectivity index (χ0v) is 13.2. The number of rotatable bonds is 1. The Hall–Kier alpha value is -1.88. The van der Waals surface area contributed by atoms with Crippen LogP contribution in [0.25, 0.3) is 0 Å². The Morgan fingerprint density at radius 3 is 2.77 bits per heavy atom. The number of hydrogen-bond donors (Lipinski definition) is 1. The van der Waals surface area contributed by atoms with Crippen LogP contribution >= 0.6 is 0 Å². The summed E-state index contributed by atoms with van der Waals surface area (Å²) in [7, 11) is 0. The lowest BCUT2D eigenvalue weighted by Crippen LogP contribution is -2.30. The minimum atomic E-state index is -0.727. The lowest BCUT2D eigenvalue weighted by atomic mass is 9.85. The van der Waals surface area contributed by atoms with Gasteiger partial charge in [0.25, 0.3) is 0 Å². The zero-order chi connectivity index (χ0) is 16.4. The van der Waals surface area contributed by atoms with Crippen molar-refractivity contribution in [1.29, 1.82) is 0 Å². The first-order valence-corrected chi connectivity index (χ1v) is 7.38. The van der Waals surface area contributed by atoms with Gasteiger partial charge in [0.1, 0.15) is 12.2 Å².